The highest BCUT2D eigenvalue weighted by Crippen LogP contribution is 2.28. The van der Waals surface area contributed by atoms with E-state index in [2.05, 4.69) is 5.16 Å². The minimum Gasteiger partial charge on any atom is -0.497 e. The first-order valence-electron chi connectivity index (χ1n) is 6.12. The summed E-state index contributed by atoms with van der Waals surface area (Å²) < 4.78 is 5.14. The molecular formula is C15H17N3O2. The highest BCUT2D eigenvalue weighted by Gasteiger charge is 2.11. The number of methoxy groups -OCH3 is 1. The van der Waals surface area contributed by atoms with Crippen molar-refractivity contribution < 1.29 is 9.94 Å². The highest BCUT2D eigenvalue weighted by molar-refractivity contribution is 6.02. The largest absolute Gasteiger partial charge is 0.497 e. The number of nitrogens with two attached hydrogens (primary N) is 1. The van der Waals surface area contributed by atoms with Crippen LogP contribution in [-0.4, -0.2) is 25.2 Å². The van der Waals surface area contributed by atoms with E-state index in [1.807, 2.05) is 60.5 Å². The number of benzene rings is 2. The highest BCUT2D eigenvalue weighted by atomic mass is 16.5. The number of anilines is 2. The standard InChI is InChI=1S/C15H17N3O2/c1-18(11-7-9-12(20-2)10-8-11)14-6-4-3-5-13(14)15(16)17-19/h3-10,19H,1-2H3,(H2,16,17). The summed E-state index contributed by atoms with van der Waals surface area (Å²) in [6.07, 6.45) is 0. The van der Waals surface area contributed by atoms with Crippen molar-refractivity contribution >= 4 is 17.2 Å². The Morgan fingerprint density at radius 2 is 1.80 bits per heavy atom. The summed E-state index contributed by atoms with van der Waals surface area (Å²) in [4.78, 5) is 1.97. The van der Waals surface area contributed by atoms with Gasteiger partial charge in [-0.15, -0.1) is 0 Å². The van der Waals surface area contributed by atoms with Crippen molar-refractivity contribution in [3.05, 3.63) is 54.1 Å². The molecule has 0 heterocycles. The molecule has 5 heteroatoms. The summed E-state index contributed by atoms with van der Waals surface area (Å²) in [6.45, 7) is 0. The number of oxime groups is 1. The second-order valence-corrected chi connectivity index (χ2v) is 4.26. The minimum atomic E-state index is 0.0842. The lowest BCUT2D eigenvalue weighted by atomic mass is 10.1. The van der Waals surface area contributed by atoms with Crippen molar-refractivity contribution in [2.75, 3.05) is 19.1 Å². The number of nitrogens with zero attached hydrogens (tertiary/aromatic N) is 2. The SMILES string of the molecule is COc1ccc(N(C)c2ccccc2C(N)=NO)cc1. The first-order valence-corrected chi connectivity index (χ1v) is 6.12. The summed E-state index contributed by atoms with van der Waals surface area (Å²) in [5.74, 6) is 0.882. The Balaban J connectivity index is 2.39. The molecule has 0 amide bonds. The molecule has 0 atom stereocenters. The third-order valence-corrected chi connectivity index (χ3v) is 3.11. The molecule has 0 saturated carbocycles. The van der Waals surface area contributed by atoms with E-state index in [1.54, 1.807) is 7.11 Å². The summed E-state index contributed by atoms with van der Waals surface area (Å²) in [6, 6.07) is 15.1. The van der Waals surface area contributed by atoms with E-state index in [1.165, 1.54) is 0 Å². The number of para-hydroxylation sites is 1. The fraction of sp³-hybridized carbons (Fsp3) is 0.133. The molecule has 0 aliphatic rings. The van der Waals surface area contributed by atoms with Crippen LogP contribution in [-0.2, 0) is 0 Å². The Kier molecular flexibility index (Phi) is 4.10. The van der Waals surface area contributed by atoms with Crippen molar-refractivity contribution in [1.29, 1.82) is 0 Å². The Bertz CT molecular complexity index is 609. The fourth-order valence-corrected chi connectivity index (χ4v) is 1.98. The third kappa shape index (κ3) is 2.66. The van der Waals surface area contributed by atoms with E-state index in [0.29, 0.717) is 5.56 Å². The van der Waals surface area contributed by atoms with Crippen molar-refractivity contribution in [3.63, 3.8) is 0 Å². The number of hydrogen-bond acceptors (Lipinski definition) is 4. The molecule has 0 bridgehead atoms. The molecule has 0 aliphatic heterocycles. The summed E-state index contributed by atoms with van der Waals surface area (Å²) >= 11 is 0. The summed E-state index contributed by atoms with van der Waals surface area (Å²) in [7, 11) is 3.55. The van der Waals surface area contributed by atoms with Gasteiger partial charge in [-0.1, -0.05) is 17.3 Å². The van der Waals surface area contributed by atoms with Crippen LogP contribution in [0.2, 0.25) is 0 Å². The van der Waals surface area contributed by atoms with Crippen LogP contribution in [0.25, 0.3) is 0 Å². The van der Waals surface area contributed by atoms with Crippen molar-refractivity contribution in [1.82, 2.24) is 0 Å². The van der Waals surface area contributed by atoms with Crippen LogP contribution >= 0.6 is 0 Å². The molecule has 2 aromatic rings. The zero-order valence-electron chi connectivity index (χ0n) is 11.4. The van der Waals surface area contributed by atoms with E-state index in [-0.39, 0.29) is 5.84 Å². The predicted octanol–water partition coefficient (Wildman–Crippen LogP) is 2.56. The molecule has 5 nitrogen and oxygen atoms in total. The fourth-order valence-electron chi connectivity index (χ4n) is 1.98. The average molecular weight is 271 g/mol. The van der Waals surface area contributed by atoms with Crippen molar-refractivity contribution in [2.24, 2.45) is 10.9 Å². The Morgan fingerprint density at radius 1 is 1.15 bits per heavy atom. The van der Waals surface area contributed by atoms with Gasteiger partial charge in [0.05, 0.1) is 12.8 Å². The molecule has 0 aromatic heterocycles. The first-order chi connectivity index (χ1) is 9.67. The second-order valence-electron chi connectivity index (χ2n) is 4.26. The van der Waals surface area contributed by atoms with E-state index < -0.39 is 0 Å². The van der Waals surface area contributed by atoms with Gasteiger partial charge in [-0.3, -0.25) is 0 Å². The van der Waals surface area contributed by atoms with Gasteiger partial charge in [-0.25, -0.2) is 0 Å². The molecule has 0 fully saturated rings. The molecule has 104 valence electrons. The number of ether oxygens (including phenoxy) is 1. The molecular weight excluding hydrogens is 254 g/mol. The van der Waals surface area contributed by atoms with E-state index in [4.69, 9.17) is 15.7 Å². The molecule has 20 heavy (non-hydrogen) atoms. The maximum Gasteiger partial charge on any atom is 0.172 e. The zero-order chi connectivity index (χ0) is 14.5. The third-order valence-electron chi connectivity index (χ3n) is 3.11. The van der Waals surface area contributed by atoms with Gasteiger partial charge in [0.1, 0.15) is 5.75 Å². The quantitative estimate of drug-likeness (QED) is 0.388. The Labute approximate surface area is 117 Å². The van der Waals surface area contributed by atoms with Gasteiger partial charge in [0.2, 0.25) is 0 Å². The molecule has 0 aliphatic carbocycles. The monoisotopic (exact) mass is 271 g/mol. The van der Waals surface area contributed by atoms with Gasteiger partial charge in [0.15, 0.2) is 5.84 Å². The van der Waals surface area contributed by atoms with Crippen LogP contribution in [0.4, 0.5) is 11.4 Å². The molecule has 0 unspecified atom stereocenters. The number of rotatable bonds is 4. The van der Waals surface area contributed by atoms with Crippen molar-refractivity contribution in [3.8, 4) is 5.75 Å². The molecule has 0 radical (unpaired) electrons. The normalized spacial score (nSPS) is 11.2. The molecule has 0 saturated heterocycles. The zero-order valence-corrected chi connectivity index (χ0v) is 11.4. The lowest BCUT2D eigenvalue weighted by Crippen LogP contribution is -2.19. The first kappa shape index (κ1) is 13.7. The van der Waals surface area contributed by atoms with Gasteiger partial charge in [-0.05, 0) is 36.4 Å². The lowest BCUT2D eigenvalue weighted by molar-refractivity contribution is 0.318. The molecule has 3 N–H and O–H groups in total. The maximum absolute atomic E-state index is 8.86. The van der Waals surface area contributed by atoms with E-state index >= 15 is 0 Å². The van der Waals surface area contributed by atoms with Crippen LogP contribution in [0.5, 0.6) is 5.75 Å². The summed E-state index contributed by atoms with van der Waals surface area (Å²) in [5, 5.41) is 11.9. The Morgan fingerprint density at radius 3 is 2.40 bits per heavy atom. The number of hydrogen-bond donors (Lipinski definition) is 2. The number of amidine groups is 1. The predicted molar refractivity (Wildman–Crippen MR) is 80.0 cm³/mol. The van der Waals surface area contributed by atoms with Gasteiger partial charge in [0, 0.05) is 18.3 Å². The van der Waals surface area contributed by atoms with Crippen LogP contribution in [0, 0.1) is 0 Å². The van der Waals surface area contributed by atoms with Gasteiger partial charge in [-0.2, -0.15) is 0 Å². The second kappa shape index (κ2) is 5.97. The maximum atomic E-state index is 8.86. The lowest BCUT2D eigenvalue weighted by Gasteiger charge is -2.22. The molecule has 0 spiro atoms. The minimum absolute atomic E-state index is 0.0842. The van der Waals surface area contributed by atoms with E-state index in [9.17, 15) is 0 Å². The molecule has 2 aromatic carbocycles. The van der Waals surface area contributed by atoms with Gasteiger partial charge < -0.3 is 20.6 Å². The topological polar surface area (TPSA) is 71.1 Å². The summed E-state index contributed by atoms with van der Waals surface area (Å²) in [5.41, 5.74) is 8.21. The van der Waals surface area contributed by atoms with Crippen LogP contribution in [0.1, 0.15) is 5.56 Å². The average Bonchev–Trinajstić information content (AvgIpc) is 2.53. The Hall–Kier alpha value is -2.69. The van der Waals surface area contributed by atoms with Gasteiger partial charge in [0.25, 0.3) is 0 Å². The van der Waals surface area contributed by atoms with Crippen molar-refractivity contribution in [2.45, 2.75) is 0 Å². The van der Waals surface area contributed by atoms with Gasteiger partial charge >= 0.3 is 0 Å². The van der Waals surface area contributed by atoms with Crippen LogP contribution < -0.4 is 15.4 Å². The van der Waals surface area contributed by atoms with Crippen LogP contribution in [0.15, 0.2) is 53.7 Å². The van der Waals surface area contributed by atoms with E-state index in [0.717, 1.165) is 17.1 Å². The van der Waals surface area contributed by atoms with Crippen LogP contribution in [0.3, 0.4) is 0 Å². The molecule has 2 rings (SSSR count). The smallest absolute Gasteiger partial charge is 0.172 e.